The van der Waals surface area contributed by atoms with Gasteiger partial charge in [0, 0.05) is 21.8 Å². The molecule has 1 heterocycles. The Balaban J connectivity index is 2.26. The van der Waals surface area contributed by atoms with Gasteiger partial charge in [-0.3, -0.25) is 0 Å². The largest absolute Gasteiger partial charge is 0.389 e. The van der Waals surface area contributed by atoms with Crippen LogP contribution in [0.4, 0.5) is 13.2 Å². The van der Waals surface area contributed by atoms with Crippen molar-refractivity contribution in [3.8, 4) is 0 Å². The molecule has 0 fully saturated rings. The lowest BCUT2D eigenvalue weighted by Gasteiger charge is -2.13. The molecule has 0 saturated heterocycles. The first kappa shape index (κ1) is 14.0. The topological polar surface area (TPSA) is 12.0 Å². The zero-order valence-electron chi connectivity index (χ0n) is 8.77. The van der Waals surface area contributed by atoms with Crippen molar-refractivity contribution in [1.82, 2.24) is 5.32 Å². The van der Waals surface area contributed by atoms with E-state index in [9.17, 15) is 13.2 Å². The van der Waals surface area contributed by atoms with E-state index in [-0.39, 0.29) is 12.5 Å². The van der Waals surface area contributed by atoms with Crippen molar-refractivity contribution in [3.63, 3.8) is 0 Å². The Morgan fingerprint density at radius 1 is 1.50 bits per heavy atom. The van der Waals surface area contributed by atoms with E-state index in [1.54, 1.807) is 11.3 Å². The summed E-state index contributed by atoms with van der Waals surface area (Å²) >= 11 is 4.99. The van der Waals surface area contributed by atoms with Gasteiger partial charge in [0.15, 0.2) is 0 Å². The Morgan fingerprint density at radius 3 is 2.69 bits per heavy atom. The SMILES string of the molecule is CC(NCCCC(F)(F)F)c1sccc1Br. The van der Waals surface area contributed by atoms with Crippen LogP contribution in [0.5, 0.6) is 0 Å². The van der Waals surface area contributed by atoms with Gasteiger partial charge in [0.25, 0.3) is 0 Å². The summed E-state index contributed by atoms with van der Waals surface area (Å²) in [5, 5.41) is 5.03. The molecule has 0 aromatic carbocycles. The van der Waals surface area contributed by atoms with Crippen molar-refractivity contribution in [3.05, 3.63) is 20.8 Å². The summed E-state index contributed by atoms with van der Waals surface area (Å²) in [4.78, 5) is 1.12. The van der Waals surface area contributed by atoms with Gasteiger partial charge in [-0.05, 0) is 47.3 Å². The van der Waals surface area contributed by atoms with Crippen LogP contribution in [-0.2, 0) is 0 Å². The Bertz CT molecular complexity index is 324. The minimum Gasteiger partial charge on any atom is -0.309 e. The van der Waals surface area contributed by atoms with Crippen LogP contribution in [0.2, 0.25) is 0 Å². The number of hydrogen-bond donors (Lipinski definition) is 1. The summed E-state index contributed by atoms with van der Waals surface area (Å²) in [6.45, 7) is 2.33. The highest BCUT2D eigenvalue weighted by Crippen LogP contribution is 2.28. The molecule has 0 radical (unpaired) electrons. The Morgan fingerprint density at radius 2 is 2.19 bits per heavy atom. The van der Waals surface area contributed by atoms with E-state index < -0.39 is 12.6 Å². The molecule has 1 unspecified atom stereocenters. The first-order valence-corrected chi connectivity index (χ1v) is 6.60. The molecule has 0 aliphatic rings. The standard InChI is InChI=1S/C10H13BrF3NS/c1-7(9-8(11)3-6-16-9)15-5-2-4-10(12,13)14/h3,6-7,15H,2,4-5H2,1H3. The maximum atomic E-state index is 11.9. The zero-order valence-corrected chi connectivity index (χ0v) is 11.2. The Kier molecular flexibility index (Phi) is 5.27. The number of nitrogens with one attached hydrogen (secondary N) is 1. The van der Waals surface area contributed by atoms with Gasteiger partial charge in [-0.15, -0.1) is 11.3 Å². The smallest absolute Gasteiger partial charge is 0.309 e. The lowest BCUT2D eigenvalue weighted by atomic mass is 10.2. The molecule has 1 atom stereocenters. The van der Waals surface area contributed by atoms with E-state index >= 15 is 0 Å². The van der Waals surface area contributed by atoms with Crippen LogP contribution in [-0.4, -0.2) is 12.7 Å². The van der Waals surface area contributed by atoms with Gasteiger partial charge in [0.05, 0.1) is 0 Å². The highest BCUT2D eigenvalue weighted by Gasteiger charge is 2.26. The molecular weight excluding hydrogens is 303 g/mol. The van der Waals surface area contributed by atoms with E-state index in [0.717, 1.165) is 9.35 Å². The minimum absolute atomic E-state index is 0.0857. The summed E-state index contributed by atoms with van der Waals surface area (Å²) < 4.78 is 36.7. The average molecular weight is 316 g/mol. The first-order valence-electron chi connectivity index (χ1n) is 4.93. The zero-order chi connectivity index (χ0) is 12.2. The van der Waals surface area contributed by atoms with Crippen LogP contribution >= 0.6 is 27.3 Å². The van der Waals surface area contributed by atoms with Crippen molar-refractivity contribution < 1.29 is 13.2 Å². The van der Waals surface area contributed by atoms with Crippen LogP contribution in [0.3, 0.4) is 0 Å². The molecule has 0 amide bonds. The summed E-state index contributed by atoms with van der Waals surface area (Å²) in [7, 11) is 0. The fourth-order valence-corrected chi connectivity index (χ4v) is 3.06. The molecule has 16 heavy (non-hydrogen) atoms. The van der Waals surface area contributed by atoms with Gasteiger partial charge < -0.3 is 5.32 Å². The van der Waals surface area contributed by atoms with Gasteiger partial charge in [0.2, 0.25) is 0 Å². The predicted molar refractivity (Wildman–Crippen MR) is 63.7 cm³/mol. The van der Waals surface area contributed by atoms with Crippen LogP contribution in [0.1, 0.15) is 30.7 Å². The first-order chi connectivity index (χ1) is 7.40. The molecule has 0 aliphatic carbocycles. The maximum Gasteiger partial charge on any atom is 0.389 e. The molecule has 92 valence electrons. The average Bonchev–Trinajstić information content (AvgIpc) is 2.57. The van der Waals surface area contributed by atoms with E-state index in [2.05, 4.69) is 21.2 Å². The van der Waals surface area contributed by atoms with Crippen molar-refractivity contribution in [1.29, 1.82) is 0 Å². The highest BCUT2D eigenvalue weighted by molar-refractivity contribution is 9.10. The van der Waals surface area contributed by atoms with Crippen LogP contribution < -0.4 is 5.32 Å². The second-order valence-electron chi connectivity index (χ2n) is 3.53. The summed E-state index contributed by atoms with van der Waals surface area (Å²) in [5.41, 5.74) is 0. The number of alkyl halides is 3. The fourth-order valence-electron chi connectivity index (χ4n) is 1.31. The van der Waals surface area contributed by atoms with Crippen molar-refractivity contribution in [2.45, 2.75) is 32.0 Å². The van der Waals surface area contributed by atoms with Crippen LogP contribution in [0.25, 0.3) is 0 Å². The number of rotatable bonds is 5. The second kappa shape index (κ2) is 6.02. The Hall–Kier alpha value is -0.0700. The van der Waals surface area contributed by atoms with Gasteiger partial charge in [0.1, 0.15) is 0 Å². The van der Waals surface area contributed by atoms with E-state index in [0.29, 0.717) is 6.54 Å². The fraction of sp³-hybridized carbons (Fsp3) is 0.600. The highest BCUT2D eigenvalue weighted by atomic mass is 79.9. The normalized spacial score (nSPS) is 14.1. The monoisotopic (exact) mass is 315 g/mol. The van der Waals surface area contributed by atoms with Crippen LogP contribution in [0, 0.1) is 0 Å². The van der Waals surface area contributed by atoms with E-state index in [1.165, 1.54) is 0 Å². The Labute approximate surface area is 105 Å². The summed E-state index contributed by atoms with van der Waals surface area (Å²) in [5.74, 6) is 0. The minimum atomic E-state index is -4.05. The third-order valence-corrected chi connectivity index (χ3v) is 4.18. The molecule has 1 rings (SSSR count). The third kappa shape index (κ3) is 4.84. The van der Waals surface area contributed by atoms with Crippen molar-refractivity contribution >= 4 is 27.3 Å². The predicted octanol–water partition coefficient (Wildman–Crippen LogP) is 4.50. The molecule has 1 N–H and O–H groups in total. The molecule has 0 aliphatic heterocycles. The number of hydrogen-bond acceptors (Lipinski definition) is 2. The molecule has 0 saturated carbocycles. The van der Waals surface area contributed by atoms with E-state index in [4.69, 9.17) is 0 Å². The lowest BCUT2D eigenvalue weighted by molar-refractivity contribution is -0.135. The van der Waals surface area contributed by atoms with Crippen LogP contribution in [0.15, 0.2) is 15.9 Å². The lowest BCUT2D eigenvalue weighted by Crippen LogP contribution is -2.21. The second-order valence-corrected chi connectivity index (χ2v) is 5.33. The van der Waals surface area contributed by atoms with E-state index in [1.807, 2.05) is 18.4 Å². The third-order valence-electron chi connectivity index (χ3n) is 2.13. The van der Waals surface area contributed by atoms with Gasteiger partial charge in [-0.2, -0.15) is 13.2 Å². The molecule has 0 bridgehead atoms. The molecule has 6 heteroatoms. The van der Waals surface area contributed by atoms with Gasteiger partial charge in [-0.25, -0.2) is 0 Å². The molecular formula is C10H13BrF3NS. The van der Waals surface area contributed by atoms with Crippen molar-refractivity contribution in [2.75, 3.05) is 6.54 Å². The quantitative estimate of drug-likeness (QED) is 0.789. The molecule has 0 spiro atoms. The van der Waals surface area contributed by atoms with Gasteiger partial charge >= 0.3 is 6.18 Å². The van der Waals surface area contributed by atoms with Gasteiger partial charge in [-0.1, -0.05) is 0 Å². The maximum absolute atomic E-state index is 11.9. The number of thiophene rings is 1. The molecule has 1 aromatic rings. The summed E-state index contributed by atoms with van der Waals surface area (Å²) in [6.07, 6.45) is -4.65. The number of halogens is 4. The molecule has 1 aromatic heterocycles. The van der Waals surface area contributed by atoms with Crippen molar-refractivity contribution in [2.24, 2.45) is 0 Å². The summed E-state index contributed by atoms with van der Waals surface area (Å²) in [6, 6.07) is 2.02. The molecule has 1 nitrogen and oxygen atoms in total.